The molecule has 1 N–H and O–H groups in total. The largest absolute Gasteiger partial charge is 0.448 e. The Bertz CT molecular complexity index is 1010. The molecule has 27 heavy (non-hydrogen) atoms. The Hall–Kier alpha value is -3.15. The molecular formula is C21H23N3O3. The molecule has 2 heterocycles. The second-order valence-electron chi connectivity index (χ2n) is 6.91. The zero-order valence-corrected chi connectivity index (χ0v) is 16.2. The van der Waals surface area contributed by atoms with Gasteiger partial charge in [-0.3, -0.25) is 4.79 Å². The van der Waals surface area contributed by atoms with Crippen LogP contribution < -0.4 is 5.32 Å². The van der Waals surface area contributed by atoms with Crippen molar-refractivity contribution in [1.29, 1.82) is 0 Å². The number of nitrogens with one attached hydrogen (secondary N) is 1. The van der Waals surface area contributed by atoms with E-state index in [2.05, 4.69) is 10.3 Å². The summed E-state index contributed by atoms with van der Waals surface area (Å²) in [4.78, 5) is 29.1. The highest BCUT2D eigenvalue weighted by Gasteiger charge is 2.22. The Kier molecular flexibility index (Phi) is 4.99. The lowest BCUT2D eigenvalue weighted by Gasteiger charge is -2.16. The lowest BCUT2D eigenvalue weighted by atomic mass is 10.0. The van der Waals surface area contributed by atoms with Crippen molar-refractivity contribution in [3.8, 4) is 0 Å². The highest BCUT2D eigenvalue weighted by Crippen LogP contribution is 2.22. The molecule has 1 amide bonds. The zero-order chi connectivity index (χ0) is 19.7. The Morgan fingerprint density at radius 3 is 2.41 bits per heavy atom. The number of hydrogen-bond acceptors (Lipinski definition) is 4. The molecule has 1 atom stereocenters. The van der Waals surface area contributed by atoms with E-state index in [9.17, 15) is 9.59 Å². The van der Waals surface area contributed by atoms with E-state index in [4.69, 9.17) is 4.74 Å². The van der Waals surface area contributed by atoms with Crippen molar-refractivity contribution in [3.63, 3.8) is 0 Å². The summed E-state index contributed by atoms with van der Waals surface area (Å²) in [5.41, 5.74) is 5.68. The summed E-state index contributed by atoms with van der Waals surface area (Å²) in [6.45, 7) is 9.38. The Labute approximate surface area is 158 Å². The number of amides is 1. The molecule has 1 aromatic carbocycles. The number of hydrogen-bond donors (Lipinski definition) is 1. The Balaban J connectivity index is 1.71. The van der Waals surface area contributed by atoms with E-state index in [1.165, 1.54) is 0 Å². The molecule has 0 aliphatic heterocycles. The summed E-state index contributed by atoms with van der Waals surface area (Å²) in [5, 5.41) is 2.85. The summed E-state index contributed by atoms with van der Waals surface area (Å²) in [6.07, 6.45) is 2.48. The fraction of sp³-hybridized carbons (Fsp3) is 0.286. The minimum atomic E-state index is -0.941. The van der Waals surface area contributed by atoms with Crippen LogP contribution in [0.3, 0.4) is 0 Å². The van der Waals surface area contributed by atoms with Crippen molar-refractivity contribution < 1.29 is 14.3 Å². The first-order chi connectivity index (χ1) is 12.7. The van der Waals surface area contributed by atoms with Crippen LogP contribution in [0.1, 0.15) is 39.7 Å². The molecule has 0 saturated carbocycles. The summed E-state index contributed by atoms with van der Waals surface area (Å²) >= 11 is 0. The van der Waals surface area contributed by atoms with Crippen LogP contribution in [0.2, 0.25) is 0 Å². The van der Waals surface area contributed by atoms with E-state index in [0.29, 0.717) is 5.65 Å². The van der Waals surface area contributed by atoms with Crippen molar-refractivity contribution in [2.45, 2.75) is 40.7 Å². The fourth-order valence-corrected chi connectivity index (χ4v) is 3.06. The molecule has 6 heteroatoms. The van der Waals surface area contributed by atoms with Crippen LogP contribution in [0.25, 0.3) is 5.65 Å². The van der Waals surface area contributed by atoms with Gasteiger partial charge in [0.15, 0.2) is 11.8 Å². The van der Waals surface area contributed by atoms with Gasteiger partial charge in [-0.1, -0.05) is 17.7 Å². The number of ether oxygens (including phenoxy) is 1. The standard InChI is InChI=1S/C21H23N3O3/c1-12-6-7-24-11-17(22-18(24)10-12)21(26)27-16(5)20(25)23-19-14(3)8-13(2)9-15(19)4/h6-11,16H,1-5H3,(H,23,25). The van der Waals surface area contributed by atoms with Crippen LogP contribution in [-0.4, -0.2) is 27.4 Å². The van der Waals surface area contributed by atoms with Gasteiger partial charge in [0.2, 0.25) is 0 Å². The average Bonchev–Trinajstić information content (AvgIpc) is 3.01. The third-order valence-electron chi connectivity index (χ3n) is 4.40. The molecule has 0 fully saturated rings. The van der Waals surface area contributed by atoms with Crippen LogP contribution in [0.15, 0.2) is 36.7 Å². The number of carbonyl (C=O) groups is 2. The molecule has 0 saturated heterocycles. The van der Waals surface area contributed by atoms with Gasteiger partial charge in [-0.15, -0.1) is 0 Å². The maximum Gasteiger partial charge on any atom is 0.359 e. The lowest BCUT2D eigenvalue weighted by Crippen LogP contribution is -2.30. The summed E-state index contributed by atoms with van der Waals surface area (Å²) in [7, 11) is 0. The quantitative estimate of drug-likeness (QED) is 0.715. The molecule has 0 radical (unpaired) electrons. The van der Waals surface area contributed by atoms with Crippen LogP contribution in [-0.2, 0) is 9.53 Å². The van der Waals surface area contributed by atoms with E-state index < -0.39 is 12.1 Å². The third-order valence-corrected chi connectivity index (χ3v) is 4.40. The number of pyridine rings is 1. The van der Waals surface area contributed by atoms with Gasteiger partial charge in [-0.2, -0.15) is 0 Å². The number of aromatic nitrogens is 2. The summed E-state index contributed by atoms with van der Waals surface area (Å²) < 4.78 is 7.05. The fourth-order valence-electron chi connectivity index (χ4n) is 3.06. The van der Waals surface area contributed by atoms with Gasteiger partial charge in [0.25, 0.3) is 5.91 Å². The maximum absolute atomic E-state index is 12.5. The topological polar surface area (TPSA) is 72.7 Å². The van der Waals surface area contributed by atoms with E-state index in [1.807, 2.05) is 58.2 Å². The van der Waals surface area contributed by atoms with Crippen molar-refractivity contribution in [3.05, 3.63) is 64.6 Å². The van der Waals surface area contributed by atoms with E-state index in [-0.39, 0.29) is 11.6 Å². The lowest BCUT2D eigenvalue weighted by molar-refractivity contribution is -0.123. The number of benzene rings is 1. The van der Waals surface area contributed by atoms with Gasteiger partial charge in [-0.25, -0.2) is 9.78 Å². The molecule has 1 unspecified atom stereocenters. The zero-order valence-electron chi connectivity index (χ0n) is 16.2. The predicted octanol–water partition coefficient (Wildman–Crippen LogP) is 3.75. The number of imidazole rings is 1. The van der Waals surface area contributed by atoms with Crippen molar-refractivity contribution >= 4 is 23.2 Å². The number of nitrogens with zero attached hydrogens (tertiary/aromatic N) is 2. The Morgan fingerprint density at radius 1 is 1.07 bits per heavy atom. The second kappa shape index (κ2) is 7.23. The molecule has 2 aromatic heterocycles. The van der Waals surface area contributed by atoms with Crippen molar-refractivity contribution in [2.24, 2.45) is 0 Å². The van der Waals surface area contributed by atoms with Crippen LogP contribution in [0, 0.1) is 27.7 Å². The number of anilines is 1. The normalized spacial score (nSPS) is 12.0. The molecule has 0 aliphatic rings. The van der Waals surface area contributed by atoms with Crippen molar-refractivity contribution in [1.82, 2.24) is 9.38 Å². The first kappa shape index (κ1) is 18.6. The summed E-state index contributed by atoms with van der Waals surface area (Å²) in [6, 6.07) is 7.79. The van der Waals surface area contributed by atoms with Crippen LogP contribution >= 0.6 is 0 Å². The van der Waals surface area contributed by atoms with E-state index in [1.54, 1.807) is 17.5 Å². The molecule has 0 spiro atoms. The highest BCUT2D eigenvalue weighted by molar-refractivity contribution is 5.98. The SMILES string of the molecule is Cc1cc(C)c(NC(=O)C(C)OC(=O)c2cn3ccc(C)cc3n2)c(C)c1. The third kappa shape index (κ3) is 4.00. The second-order valence-corrected chi connectivity index (χ2v) is 6.91. The molecule has 6 nitrogen and oxygen atoms in total. The van der Waals surface area contributed by atoms with Crippen molar-refractivity contribution in [2.75, 3.05) is 5.32 Å². The summed E-state index contributed by atoms with van der Waals surface area (Å²) in [5.74, 6) is -1.01. The number of rotatable bonds is 4. The molecule has 3 rings (SSSR count). The monoisotopic (exact) mass is 365 g/mol. The number of esters is 1. The van der Waals surface area contributed by atoms with Gasteiger partial charge < -0.3 is 14.5 Å². The molecule has 140 valence electrons. The van der Waals surface area contributed by atoms with Gasteiger partial charge in [0.1, 0.15) is 5.65 Å². The van der Waals surface area contributed by atoms with Crippen LogP contribution in [0.5, 0.6) is 0 Å². The highest BCUT2D eigenvalue weighted by atomic mass is 16.5. The maximum atomic E-state index is 12.5. The number of aryl methyl sites for hydroxylation is 4. The Morgan fingerprint density at radius 2 is 1.74 bits per heavy atom. The van der Waals surface area contributed by atoms with E-state index >= 15 is 0 Å². The van der Waals surface area contributed by atoms with Gasteiger partial charge in [-0.05, 0) is 63.4 Å². The molecular weight excluding hydrogens is 342 g/mol. The number of fused-ring (bicyclic) bond motifs is 1. The van der Waals surface area contributed by atoms with Crippen LogP contribution in [0.4, 0.5) is 5.69 Å². The smallest absolute Gasteiger partial charge is 0.359 e. The number of carbonyl (C=O) groups excluding carboxylic acids is 2. The molecule has 3 aromatic rings. The minimum Gasteiger partial charge on any atom is -0.448 e. The minimum absolute atomic E-state index is 0.169. The van der Waals surface area contributed by atoms with Gasteiger partial charge >= 0.3 is 5.97 Å². The first-order valence-electron chi connectivity index (χ1n) is 8.79. The van der Waals surface area contributed by atoms with E-state index in [0.717, 1.165) is 27.9 Å². The average molecular weight is 365 g/mol. The molecule has 0 aliphatic carbocycles. The van der Waals surface area contributed by atoms with Gasteiger partial charge in [0.05, 0.1) is 0 Å². The first-order valence-corrected chi connectivity index (χ1v) is 8.79. The van der Waals surface area contributed by atoms with Gasteiger partial charge in [0, 0.05) is 18.1 Å². The molecule has 0 bridgehead atoms. The predicted molar refractivity (Wildman–Crippen MR) is 104 cm³/mol.